The molecule has 4 nitrogen and oxygen atoms in total. The fourth-order valence-corrected chi connectivity index (χ4v) is 4.73. The van der Waals surface area contributed by atoms with Crippen LogP contribution in [0.5, 0.6) is 5.75 Å². The topological polar surface area (TPSA) is 45.3 Å². The Bertz CT molecular complexity index is 1540. The average Bonchev–Trinajstić information content (AvgIpc) is 3.22. The Morgan fingerprint density at radius 3 is 2.35 bits per heavy atom. The van der Waals surface area contributed by atoms with Crippen LogP contribution in [0.2, 0.25) is 0 Å². The molecule has 1 atom stereocenters. The first-order chi connectivity index (χ1) is 17.5. The summed E-state index contributed by atoms with van der Waals surface area (Å²) in [5.41, 5.74) is -0.754. The number of nitrogens with zero attached hydrogens (tertiary/aromatic N) is 1. The molecule has 0 saturated carbocycles. The first kappa shape index (κ1) is 24.7. The lowest BCUT2D eigenvalue weighted by Gasteiger charge is -2.36. The van der Waals surface area contributed by atoms with E-state index in [1.54, 1.807) is 18.2 Å². The van der Waals surface area contributed by atoms with E-state index in [9.17, 15) is 31.1 Å². The van der Waals surface area contributed by atoms with Crippen molar-refractivity contribution < 1.29 is 40.3 Å². The second-order valence-electron chi connectivity index (χ2n) is 8.56. The second-order valence-corrected chi connectivity index (χ2v) is 8.56. The third-order valence-corrected chi connectivity index (χ3v) is 6.45. The van der Waals surface area contributed by atoms with Crippen molar-refractivity contribution >= 4 is 16.8 Å². The molecule has 5 rings (SSSR count). The maximum absolute atomic E-state index is 15.0. The van der Waals surface area contributed by atoms with Crippen molar-refractivity contribution in [1.29, 1.82) is 0 Å². The molecule has 3 aromatic carbocycles. The normalized spacial score (nSPS) is 15.7. The minimum absolute atomic E-state index is 0.0677. The van der Waals surface area contributed by atoms with Gasteiger partial charge < -0.3 is 14.6 Å². The van der Waals surface area contributed by atoms with Crippen LogP contribution in [0.15, 0.2) is 48.5 Å². The molecule has 0 bridgehead atoms. The molecule has 1 aliphatic heterocycles. The summed E-state index contributed by atoms with van der Waals surface area (Å²) in [4.78, 5) is 17.6. The zero-order valence-electron chi connectivity index (χ0n) is 19.0. The number of carbonyl (C=O) groups excluding carboxylic acids is 1. The fraction of sp³-hybridized carbons (Fsp3) is 0.192. The Kier molecular flexibility index (Phi) is 5.88. The number of fused-ring (bicyclic) bond motifs is 3. The molecule has 1 amide bonds. The number of nitrogens with one attached hydrogen (secondary N) is 1. The summed E-state index contributed by atoms with van der Waals surface area (Å²) in [6.45, 7) is -0.0677. The van der Waals surface area contributed by atoms with Gasteiger partial charge in [-0.3, -0.25) is 4.79 Å². The maximum Gasteiger partial charge on any atom is 0.419 e. The molecular formula is C26H17F7N2O2. The van der Waals surface area contributed by atoms with Crippen molar-refractivity contribution in [1.82, 2.24) is 9.88 Å². The highest BCUT2D eigenvalue weighted by Gasteiger charge is 2.38. The number of rotatable bonds is 3. The smallest absolute Gasteiger partial charge is 0.419 e. The molecule has 0 aliphatic carbocycles. The van der Waals surface area contributed by atoms with Gasteiger partial charge in [0.25, 0.3) is 5.91 Å². The fourth-order valence-electron chi connectivity index (χ4n) is 4.73. The van der Waals surface area contributed by atoms with Crippen molar-refractivity contribution in [3.05, 3.63) is 99.7 Å². The molecule has 2 heterocycles. The van der Waals surface area contributed by atoms with Gasteiger partial charge in [0.1, 0.15) is 23.4 Å². The van der Waals surface area contributed by atoms with Crippen LogP contribution in [0.25, 0.3) is 10.9 Å². The number of amides is 1. The van der Waals surface area contributed by atoms with E-state index in [-0.39, 0.29) is 18.5 Å². The van der Waals surface area contributed by atoms with Gasteiger partial charge in [-0.15, -0.1) is 0 Å². The molecule has 11 heteroatoms. The number of alkyl halides is 3. The van der Waals surface area contributed by atoms with Gasteiger partial charge >= 0.3 is 6.18 Å². The zero-order chi connectivity index (χ0) is 26.6. The number of ether oxygens (including phenoxy) is 1. The second kappa shape index (κ2) is 8.82. The van der Waals surface area contributed by atoms with Crippen LogP contribution in [0, 0.1) is 23.3 Å². The summed E-state index contributed by atoms with van der Waals surface area (Å²) in [6.07, 6.45) is -4.73. The number of halogens is 7. The van der Waals surface area contributed by atoms with Gasteiger partial charge in [-0.1, -0.05) is 0 Å². The lowest BCUT2D eigenvalue weighted by Crippen LogP contribution is -2.41. The number of methoxy groups -OCH3 is 1. The van der Waals surface area contributed by atoms with Crippen molar-refractivity contribution in [3.8, 4) is 5.75 Å². The molecule has 0 radical (unpaired) electrons. The summed E-state index contributed by atoms with van der Waals surface area (Å²) in [6, 6.07) is 6.48. The Hall–Kier alpha value is -4.02. The molecule has 1 aromatic heterocycles. The van der Waals surface area contributed by atoms with E-state index < -0.39 is 52.5 Å². The van der Waals surface area contributed by atoms with E-state index in [1.165, 1.54) is 7.11 Å². The monoisotopic (exact) mass is 522 g/mol. The Labute approximate surface area is 205 Å². The molecular weight excluding hydrogens is 505 g/mol. The summed E-state index contributed by atoms with van der Waals surface area (Å²) in [5.74, 6) is -5.95. The van der Waals surface area contributed by atoms with Crippen LogP contribution >= 0.6 is 0 Å². The molecule has 0 saturated heterocycles. The minimum Gasteiger partial charge on any atom is -0.497 e. The van der Waals surface area contributed by atoms with Crippen LogP contribution in [0.1, 0.15) is 38.8 Å². The van der Waals surface area contributed by atoms with Gasteiger partial charge in [0.15, 0.2) is 11.6 Å². The lowest BCUT2D eigenvalue weighted by atomic mass is 9.91. The quantitative estimate of drug-likeness (QED) is 0.245. The standard InChI is InChI=1S/C26H17F7N2O2/c1-37-13-3-5-22-15(9-13)14-6-7-35(25(36)12-2-4-17(19(28)8-12)26(31,32)33)24(23(14)34-22)16-10-20(29)21(30)11-18(16)27/h2-5,8-11,24,34H,6-7H2,1H3/t24-/m1/s1. The van der Waals surface area contributed by atoms with Crippen LogP contribution in [0.3, 0.4) is 0 Å². The largest absolute Gasteiger partial charge is 0.497 e. The van der Waals surface area contributed by atoms with Crippen LogP contribution in [-0.4, -0.2) is 29.4 Å². The van der Waals surface area contributed by atoms with Gasteiger partial charge in [0, 0.05) is 40.3 Å². The van der Waals surface area contributed by atoms with Crippen LogP contribution < -0.4 is 4.74 Å². The van der Waals surface area contributed by atoms with Crippen LogP contribution in [-0.2, 0) is 12.6 Å². The first-order valence-electron chi connectivity index (χ1n) is 11.0. The van der Waals surface area contributed by atoms with Crippen LogP contribution in [0.4, 0.5) is 30.7 Å². The number of carbonyl (C=O) groups is 1. The summed E-state index contributed by atoms with van der Waals surface area (Å²) in [7, 11) is 1.48. The van der Waals surface area contributed by atoms with Gasteiger partial charge in [-0.05, 0) is 54.4 Å². The predicted molar refractivity (Wildman–Crippen MR) is 119 cm³/mol. The summed E-state index contributed by atoms with van der Waals surface area (Å²) >= 11 is 0. The Morgan fingerprint density at radius 1 is 0.946 bits per heavy atom. The number of aromatic nitrogens is 1. The molecule has 0 fully saturated rings. The molecule has 192 valence electrons. The van der Waals surface area contributed by atoms with E-state index in [1.807, 2.05) is 0 Å². The first-order valence-corrected chi connectivity index (χ1v) is 11.0. The van der Waals surface area contributed by atoms with Crippen molar-refractivity contribution in [2.24, 2.45) is 0 Å². The zero-order valence-corrected chi connectivity index (χ0v) is 19.0. The van der Waals surface area contributed by atoms with Crippen molar-refractivity contribution in [2.75, 3.05) is 13.7 Å². The van der Waals surface area contributed by atoms with E-state index in [4.69, 9.17) is 4.74 Å². The third kappa shape index (κ3) is 4.17. The molecule has 37 heavy (non-hydrogen) atoms. The maximum atomic E-state index is 15.0. The van der Waals surface area contributed by atoms with Gasteiger partial charge in [0.2, 0.25) is 0 Å². The predicted octanol–water partition coefficient (Wildman–Crippen LogP) is 6.54. The number of H-pyrrole nitrogens is 1. The van der Waals surface area contributed by atoms with Crippen molar-refractivity contribution in [2.45, 2.75) is 18.6 Å². The summed E-state index contributed by atoms with van der Waals surface area (Å²) in [5, 5.41) is 0.704. The van der Waals surface area contributed by atoms with Crippen molar-refractivity contribution in [3.63, 3.8) is 0 Å². The number of hydrogen-bond donors (Lipinski definition) is 1. The lowest BCUT2D eigenvalue weighted by molar-refractivity contribution is -0.140. The molecule has 1 aliphatic rings. The Balaban J connectivity index is 1.67. The highest BCUT2D eigenvalue weighted by Crippen LogP contribution is 2.41. The van der Waals surface area contributed by atoms with Gasteiger partial charge in [0.05, 0.1) is 12.7 Å². The highest BCUT2D eigenvalue weighted by molar-refractivity contribution is 5.96. The minimum atomic E-state index is -4.96. The number of benzene rings is 3. The number of aromatic amines is 1. The van der Waals surface area contributed by atoms with Gasteiger partial charge in [-0.25, -0.2) is 17.6 Å². The van der Waals surface area contributed by atoms with E-state index in [0.717, 1.165) is 11.0 Å². The van der Waals surface area contributed by atoms with E-state index in [2.05, 4.69) is 4.98 Å². The molecule has 0 spiro atoms. The Morgan fingerprint density at radius 2 is 1.68 bits per heavy atom. The molecule has 0 unspecified atom stereocenters. The SMILES string of the molecule is COc1ccc2[nH]c3c(c2c1)CCN(C(=O)c1ccc(C(F)(F)F)c(F)c1)[C@@H]3c1cc(F)c(F)cc1F. The van der Waals surface area contributed by atoms with E-state index in [0.29, 0.717) is 52.2 Å². The third-order valence-electron chi connectivity index (χ3n) is 6.45. The highest BCUT2D eigenvalue weighted by atomic mass is 19.4. The molecule has 4 aromatic rings. The van der Waals surface area contributed by atoms with E-state index >= 15 is 4.39 Å². The summed E-state index contributed by atoms with van der Waals surface area (Å²) < 4.78 is 101. The average molecular weight is 522 g/mol. The number of hydrogen-bond acceptors (Lipinski definition) is 2. The molecule has 1 N–H and O–H groups in total. The van der Waals surface area contributed by atoms with Gasteiger partial charge in [-0.2, -0.15) is 13.2 Å².